The predicted octanol–water partition coefficient (Wildman–Crippen LogP) is 2.73. The first kappa shape index (κ1) is 29.4. The molecule has 10 heteroatoms. The van der Waals surface area contributed by atoms with E-state index in [1.165, 1.54) is 38.2 Å². The second-order valence-corrected chi connectivity index (χ2v) is 7.83. The number of carboxylic acids is 4. The Balaban J connectivity index is 4.79. The van der Waals surface area contributed by atoms with Crippen molar-refractivity contribution in [3.63, 3.8) is 0 Å². The van der Waals surface area contributed by atoms with Crippen LogP contribution in [-0.4, -0.2) is 86.8 Å². The summed E-state index contributed by atoms with van der Waals surface area (Å²) in [5.41, 5.74) is -0.169. The molecule has 0 atom stereocenters. The average Bonchev–Trinajstić information content (AvgIpc) is 2.68. The number of carbonyl (C=O) groups is 4. The Hall–Kier alpha value is -2.62. The van der Waals surface area contributed by atoms with Gasteiger partial charge in [-0.05, 0) is 12.8 Å². The van der Waals surface area contributed by atoms with Crippen LogP contribution in [0.25, 0.3) is 0 Å². The summed E-state index contributed by atoms with van der Waals surface area (Å²) in [6, 6.07) is 0. The number of carboxylic acid groups (broad SMARTS) is 4. The Morgan fingerprint density at radius 3 is 1.56 bits per heavy atom. The van der Waals surface area contributed by atoms with Crippen LogP contribution in [-0.2, 0) is 19.2 Å². The maximum absolute atomic E-state index is 11.7. The van der Waals surface area contributed by atoms with Crippen LogP contribution in [0.2, 0.25) is 0 Å². The third-order valence-corrected chi connectivity index (χ3v) is 4.94. The van der Waals surface area contributed by atoms with Crippen LogP contribution < -0.4 is 0 Å². The zero-order valence-corrected chi connectivity index (χ0v) is 19.0. The van der Waals surface area contributed by atoms with Crippen LogP contribution in [0.4, 0.5) is 0 Å². The number of hydrogen-bond acceptors (Lipinski definition) is 6. The van der Waals surface area contributed by atoms with Gasteiger partial charge < -0.3 is 25.3 Å². The molecular weight excluding hydrogens is 420 g/mol. The number of hydrogen-bond donors (Lipinski definition) is 4. The highest BCUT2D eigenvalue weighted by molar-refractivity contribution is 5.86. The lowest BCUT2D eigenvalue weighted by molar-refractivity contribution is -0.143. The van der Waals surface area contributed by atoms with Gasteiger partial charge in [-0.3, -0.25) is 19.3 Å². The number of unbranched alkanes of at least 4 members (excludes halogenated alkanes) is 9. The second-order valence-electron chi connectivity index (χ2n) is 7.83. The molecule has 0 saturated carbocycles. The van der Waals surface area contributed by atoms with E-state index in [0.29, 0.717) is 6.42 Å². The molecule has 0 aromatic carbocycles. The fourth-order valence-electron chi connectivity index (χ4n) is 3.35. The Morgan fingerprint density at radius 2 is 1.12 bits per heavy atom. The van der Waals surface area contributed by atoms with Crippen LogP contribution >= 0.6 is 0 Å². The number of aliphatic carboxylic acids is 4. The van der Waals surface area contributed by atoms with Crippen molar-refractivity contribution >= 4 is 23.9 Å². The maximum atomic E-state index is 11.7. The highest BCUT2D eigenvalue weighted by Crippen LogP contribution is 2.13. The zero-order valence-electron chi connectivity index (χ0n) is 19.0. The molecule has 0 heterocycles. The van der Waals surface area contributed by atoms with Gasteiger partial charge in [0.15, 0.2) is 0 Å². The van der Waals surface area contributed by atoms with Gasteiger partial charge in [-0.1, -0.05) is 64.4 Å². The van der Waals surface area contributed by atoms with Crippen molar-refractivity contribution < 1.29 is 39.6 Å². The number of allylic oxidation sites excluding steroid dienone is 1. The summed E-state index contributed by atoms with van der Waals surface area (Å²) in [4.78, 5) is 47.0. The standard InChI is InChI=1S/C22H38N2O8/c1-2-3-4-5-6-7-8-9-10-11-12-18(22(31)32)24(17-21(29)30)14-13-23(15-19(25)26)16-20(27)28/h12H,2-11,13-17H2,1H3,(H,25,26)(H,27,28)(H,29,30)(H,31,32). The molecular formula is C22H38N2O8. The van der Waals surface area contributed by atoms with Crippen LogP contribution in [0.5, 0.6) is 0 Å². The summed E-state index contributed by atoms with van der Waals surface area (Å²) in [5.74, 6) is -4.96. The number of rotatable bonds is 21. The molecule has 0 aromatic heterocycles. The minimum atomic E-state index is -1.27. The number of nitrogens with zero attached hydrogens (tertiary/aromatic N) is 2. The van der Waals surface area contributed by atoms with Gasteiger partial charge in [-0.15, -0.1) is 0 Å². The predicted molar refractivity (Wildman–Crippen MR) is 118 cm³/mol. The van der Waals surface area contributed by atoms with Crippen LogP contribution in [0.1, 0.15) is 71.1 Å². The third-order valence-electron chi connectivity index (χ3n) is 4.94. The van der Waals surface area contributed by atoms with Gasteiger partial charge in [0.05, 0.1) is 13.1 Å². The molecule has 0 aliphatic heterocycles. The topological polar surface area (TPSA) is 156 Å². The lowest BCUT2D eigenvalue weighted by Crippen LogP contribution is -2.42. The Kier molecular flexibility index (Phi) is 16.5. The van der Waals surface area contributed by atoms with Crippen molar-refractivity contribution in [1.29, 1.82) is 0 Å². The molecule has 0 aliphatic carbocycles. The lowest BCUT2D eigenvalue weighted by Gasteiger charge is -2.26. The average molecular weight is 459 g/mol. The lowest BCUT2D eigenvalue weighted by atomic mass is 10.1. The summed E-state index contributed by atoms with van der Waals surface area (Å²) in [7, 11) is 0. The summed E-state index contributed by atoms with van der Waals surface area (Å²) in [6.07, 6.45) is 12.1. The van der Waals surface area contributed by atoms with Gasteiger partial charge >= 0.3 is 23.9 Å². The van der Waals surface area contributed by atoms with Crippen LogP contribution in [0, 0.1) is 0 Å². The van der Waals surface area contributed by atoms with E-state index in [1.54, 1.807) is 0 Å². The third kappa shape index (κ3) is 16.1. The molecule has 10 nitrogen and oxygen atoms in total. The summed E-state index contributed by atoms with van der Waals surface area (Å²) in [6.45, 7) is 0.287. The van der Waals surface area contributed by atoms with Crippen molar-refractivity contribution in [2.75, 3.05) is 32.7 Å². The van der Waals surface area contributed by atoms with Crippen molar-refractivity contribution in [2.24, 2.45) is 0 Å². The van der Waals surface area contributed by atoms with E-state index in [9.17, 15) is 24.3 Å². The molecule has 4 N–H and O–H groups in total. The molecule has 0 unspecified atom stereocenters. The van der Waals surface area contributed by atoms with E-state index in [4.69, 9.17) is 15.3 Å². The molecule has 0 fully saturated rings. The second kappa shape index (κ2) is 18.0. The van der Waals surface area contributed by atoms with Crippen molar-refractivity contribution in [3.8, 4) is 0 Å². The Morgan fingerprint density at radius 1 is 0.656 bits per heavy atom. The quantitative estimate of drug-likeness (QED) is 0.149. The summed E-state index contributed by atoms with van der Waals surface area (Å²) < 4.78 is 0. The van der Waals surface area contributed by atoms with E-state index in [0.717, 1.165) is 35.5 Å². The van der Waals surface area contributed by atoms with Gasteiger partial charge in [-0.25, -0.2) is 4.79 Å². The van der Waals surface area contributed by atoms with Crippen molar-refractivity contribution in [1.82, 2.24) is 9.80 Å². The summed E-state index contributed by atoms with van der Waals surface area (Å²) in [5, 5.41) is 36.5. The summed E-state index contributed by atoms with van der Waals surface area (Å²) >= 11 is 0. The fraction of sp³-hybridized carbons (Fsp3) is 0.727. The molecule has 184 valence electrons. The molecule has 0 rings (SSSR count). The normalized spacial score (nSPS) is 11.5. The monoisotopic (exact) mass is 458 g/mol. The van der Waals surface area contributed by atoms with Gasteiger partial charge in [0, 0.05) is 13.1 Å². The first-order chi connectivity index (χ1) is 15.2. The Bertz CT molecular complexity index is 605. The van der Waals surface area contributed by atoms with Crippen LogP contribution in [0.15, 0.2) is 11.8 Å². The largest absolute Gasteiger partial charge is 0.480 e. The zero-order chi connectivity index (χ0) is 24.4. The van der Waals surface area contributed by atoms with Gasteiger partial charge in [0.25, 0.3) is 0 Å². The van der Waals surface area contributed by atoms with E-state index < -0.39 is 43.5 Å². The molecule has 0 spiro atoms. The van der Waals surface area contributed by atoms with Gasteiger partial charge in [-0.2, -0.15) is 0 Å². The molecule has 0 bridgehead atoms. The SMILES string of the molecule is CCCCCCCCCCCC=C(C(=O)O)N(CCN(CC(=O)O)CC(=O)O)CC(=O)O. The fourth-order valence-corrected chi connectivity index (χ4v) is 3.35. The minimum absolute atomic E-state index is 0.103. The molecule has 0 aromatic rings. The smallest absolute Gasteiger partial charge is 0.351 e. The first-order valence-corrected chi connectivity index (χ1v) is 11.2. The van der Waals surface area contributed by atoms with E-state index >= 15 is 0 Å². The molecule has 32 heavy (non-hydrogen) atoms. The van der Waals surface area contributed by atoms with E-state index in [2.05, 4.69) is 6.92 Å². The van der Waals surface area contributed by atoms with Crippen LogP contribution in [0.3, 0.4) is 0 Å². The highest BCUT2D eigenvalue weighted by atomic mass is 16.4. The van der Waals surface area contributed by atoms with Gasteiger partial charge in [0.1, 0.15) is 12.2 Å². The minimum Gasteiger partial charge on any atom is -0.480 e. The first-order valence-electron chi connectivity index (χ1n) is 11.2. The molecule has 0 radical (unpaired) electrons. The van der Waals surface area contributed by atoms with E-state index in [-0.39, 0.29) is 18.8 Å². The highest BCUT2D eigenvalue weighted by Gasteiger charge is 2.21. The van der Waals surface area contributed by atoms with Crippen molar-refractivity contribution in [3.05, 3.63) is 11.8 Å². The Labute approximate surface area is 189 Å². The van der Waals surface area contributed by atoms with E-state index in [1.807, 2.05) is 0 Å². The molecule has 0 amide bonds. The molecule has 0 saturated heterocycles. The maximum Gasteiger partial charge on any atom is 0.351 e. The van der Waals surface area contributed by atoms with Crippen molar-refractivity contribution in [2.45, 2.75) is 71.1 Å². The molecule has 0 aliphatic rings. The van der Waals surface area contributed by atoms with Gasteiger partial charge in [0.2, 0.25) is 0 Å².